The Bertz CT molecular complexity index is 233. The zero-order chi connectivity index (χ0) is 12.2. The van der Waals surface area contributed by atoms with Gasteiger partial charge in [-0.05, 0) is 69.6 Å². The van der Waals surface area contributed by atoms with E-state index in [1.165, 1.54) is 84.1 Å². The molecule has 0 bridgehead atoms. The molecule has 1 N–H and O–H groups in total. The summed E-state index contributed by atoms with van der Waals surface area (Å²) >= 11 is 0. The van der Waals surface area contributed by atoms with Crippen LogP contribution in [0.25, 0.3) is 0 Å². The van der Waals surface area contributed by atoms with E-state index in [1.54, 1.807) is 0 Å². The minimum atomic E-state index is 0.932. The van der Waals surface area contributed by atoms with Crippen LogP contribution in [-0.2, 0) is 0 Å². The van der Waals surface area contributed by atoms with Gasteiger partial charge < -0.3 is 10.2 Å². The fraction of sp³-hybridized carbons (Fsp3) is 1.00. The molecular formula is C16H30N2. The molecule has 1 aliphatic carbocycles. The largest absolute Gasteiger partial charge is 0.316 e. The van der Waals surface area contributed by atoms with Gasteiger partial charge in [0.15, 0.2) is 0 Å². The number of hydrogen-bond acceptors (Lipinski definition) is 2. The standard InChI is InChI=1S/C16H30N2/c1-2-6-15(5-1)16-7-10-18(11-8-16)13-14-4-3-9-17-12-14/h14-17H,1-13H2. The Kier molecular flexibility index (Phi) is 4.58. The van der Waals surface area contributed by atoms with Crippen LogP contribution in [0, 0.1) is 17.8 Å². The minimum absolute atomic E-state index is 0.932. The van der Waals surface area contributed by atoms with Crippen molar-refractivity contribution in [1.82, 2.24) is 10.2 Å². The van der Waals surface area contributed by atoms with Crippen LogP contribution < -0.4 is 5.32 Å². The second-order valence-corrected chi connectivity index (χ2v) is 6.89. The van der Waals surface area contributed by atoms with E-state index in [9.17, 15) is 0 Å². The fourth-order valence-corrected chi connectivity index (χ4v) is 4.48. The average molecular weight is 250 g/mol. The first-order valence-electron chi connectivity index (χ1n) is 8.35. The quantitative estimate of drug-likeness (QED) is 0.828. The van der Waals surface area contributed by atoms with Crippen molar-refractivity contribution in [2.45, 2.75) is 51.4 Å². The van der Waals surface area contributed by atoms with Crippen LogP contribution >= 0.6 is 0 Å². The summed E-state index contributed by atoms with van der Waals surface area (Å²) in [5.41, 5.74) is 0. The fourth-order valence-electron chi connectivity index (χ4n) is 4.48. The van der Waals surface area contributed by atoms with Crippen LogP contribution in [0.4, 0.5) is 0 Å². The van der Waals surface area contributed by atoms with Gasteiger partial charge in [-0.3, -0.25) is 0 Å². The molecular weight excluding hydrogens is 220 g/mol. The van der Waals surface area contributed by atoms with Crippen molar-refractivity contribution in [3.63, 3.8) is 0 Å². The topological polar surface area (TPSA) is 15.3 Å². The summed E-state index contributed by atoms with van der Waals surface area (Å²) in [7, 11) is 0. The Balaban J connectivity index is 1.39. The molecule has 0 amide bonds. The lowest BCUT2D eigenvalue weighted by atomic mass is 9.83. The molecule has 3 fully saturated rings. The van der Waals surface area contributed by atoms with Gasteiger partial charge in [0.2, 0.25) is 0 Å². The number of hydrogen-bond donors (Lipinski definition) is 1. The lowest BCUT2D eigenvalue weighted by Gasteiger charge is -2.37. The van der Waals surface area contributed by atoms with Crippen LogP contribution in [-0.4, -0.2) is 37.6 Å². The van der Waals surface area contributed by atoms with Crippen LogP contribution in [0.5, 0.6) is 0 Å². The van der Waals surface area contributed by atoms with Gasteiger partial charge in [-0.15, -0.1) is 0 Å². The third-order valence-corrected chi connectivity index (χ3v) is 5.61. The van der Waals surface area contributed by atoms with E-state index in [2.05, 4.69) is 10.2 Å². The van der Waals surface area contributed by atoms with E-state index in [-0.39, 0.29) is 0 Å². The van der Waals surface area contributed by atoms with Gasteiger partial charge in [0.25, 0.3) is 0 Å². The highest BCUT2D eigenvalue weighted by Crippen LogP contribution is 2.36. The second-order valence-electron chi connectivity index (χ2n) is 6.89. The number of piperidine rings is 2. The summed E-state index contributed by atoms with van der Waals surface area (Å²) < 4.78 is 0. The van der Waals surface area contributed by atoms with Crippen LogP contribution in [0.2, 0.25) is 0 Å². The lowest BCUT2D eigenvalue weighted by Crippen LogP contribution is -2.42. The van der Waals surface area contributed by atoms with E-state index in [0.29, 0.717) is 0 Å². The van der Waals surface area contributed by atoms with Crippen molar-refractivity contribution in [1.29, 1.82) is 0 Å². The Morgan fingerprint density at radius 1 is 0.833 bits per heavy atom. The van der Waals surface area contributed by atoms with Crippen molar-refractivity contribution in [2.75, 3.05) is 32.7 Å². The highest BCUT2D eigenvalue weighted by Gasteiger charge is 2.29. The van der Waals surface area contributed by atoms with Crippen molar-refractivity contribution in [3.8, 4) is 0 Å². The van der Waals surface area contributed by atoms with E-state index in [1.807, 2.05) is 0 Å². The number of likely N-dealkylation sites (tertiary alicyclic amines) is 1. The number of nitrogens with one attached hydrogen (secondary N) is 1. The van der Waals surface area contributed by atoms with E-state index >= 15 is 0 Å². The van der Waals surface area contributed by atoms with Gasteiger partial charge >= 0.3 is 0 Å². The summed E-state index contributed by atoms with van der Waals surface area (Å²) in [6.07, 6.45) is 11.9. The molecule has 2 heterocycles. The van der Waals surface area contributed by atoms with Gasteiger partial charge in [-0.25, -0.2) is 0 Å². The van der Waals surface area contributed by atoms with Crippen LogP contribution in [0.15, 0.2) is 0 Å². The van der Waals surface area contributed by atoms with E-state index in [0.717, 1.165) is 17.8 Å². The highest BCUT2D eigenvalue weighted by atomic mass is 15.1. The molecule has 0 radical (unpaired) electrons. The van der Waals surface area contributed by atoms with Crippen molar-refractivity contribution in [3.05, 3.63) is 0 Å². The molecule has 0 spiro atoms. The molecule has 0 aromatic carbocycles. The van der Waals surface area contributed by atoms with Gasteiger partial charge in [-0.2, -0.15) is 0 Å². The smallest absolute Gasteiger partial charge is 0.00218 e. The van der Waals surface area contributed by atoms with Crippen molar-refractivity contribution in [2.24, 2.45) is 17.8 Å². The van der Waals surface area contributed by atoms with Crippen LogP contribution in [0.1, 0.15) is 51.4 Å². The first kappa shape index (κ1) is 12.9. The van der Waals surface area contributed by atoms with E-state index < -0.39 is 0 Å². The maximum absolute atomic E-state index is 3.55. The number of nitrogens with zero attached hydrogens (tertiary/aromatic N) is 1. The summed E-state index contributed by atoms with van der Waals surface area (Å²) in [4.78, 5) is 2.75. The maximum Gasteiger partial charge on any atom is 0.00218 e. The third-order valence-electron chi connectivity index (χ3n) is 5.61. The Morgan fingerprint density at radius 2 is 1.56 bits per heavy atom. The molecule has 2 heteroatoms. The van der Waals surface area contributed by atoms with Crippen molar-refractivity contribution < 1.29 is 0 Å². The third kappa shape index (κ3) is 3.27. The first-order valence-corrected chi connectivity index (χ1v) is 8.35. The summed E-state index contributed by atoms with van der Waals surface area (Å²) in [5, 5.41) is 3.55. The lowest BCUT2D eigenvalue weighted by molar-refractivity contribution is 0.125. The predicted molar refractivity (Wildman–Crippen MR) is 76.7 cm³/mol. The summed E-state index contributed by atoms with van der Waals surface area (Å²) in [6.45, 7) is 6.66. The normalized spacial score (nSPS) is 33.0. The summed E-state index contributed by atoms with van der Waals surface area (Å²) in [6, 6.07) is 0. The molecule has 2 aliphatic heterocycles. The molecule has 3 aliphatic rings. The minimum Gasteiger partial charge on any atom is -0.316 e. The number of rotatable bonds is 3. The molecule has 1 atom stereocenters. The Morgan fingerprint density at radius 3 is 2.22 bits per heavy atom. The Hall–Kier alpha value is -0.0800. The molecule has 18 heavy (non-hydrogen) atoms. The molecule has 1 saturated carbocycles. The van der Waals surface area contributed by atoms with E-state index in [4.69, 9.17) is 0 Å². The van der Waals surface area contributed by atoms with Gasteiger partial charge in [0, 0.05) is 6.54 Å². The molecule has 104 valence electrons. The molecule has 2 saturated heterocycles. The SMILES string of the molecule is C1CNCC(CN2CCC(C3CCCC3)CC2)C1. The zero-order valence-corrected chi connectivity index (χ0v) is 11.9. The van der Waals surface area contributed by atoms with Gasteiger partial charge in [0.05, 0.1) is 0 Å². The summed E-state index contributed by atoms with van der Waals surface area (Å²) in [5.74, 6) is 3.11. The molecule has 1 unspecified atom stereocenters. The van der Waals surface area contributed by atoms with Gasteiger partial charge in [-0.1, -0.05) is 25.7 Å². The van der Waals surface area contributed by atoms with Gasteiger partial charge in [0.1, 0.15) is 0 Å². The maximum atomic E-state index is 3.55. The zero-order valence-electron chi connectivity index (χ0n) is 11.9. The molecule has 0 aromatic heterocycles. The Labute approximate surface area is 113 Å². The molecule has 3 rings (SSSR count). The van der Waals surface area contributed by atoms with Crippen LogP contribution in [0.3, 0.4) is 0 Å². The predicted octanol–water partition coefficient (Wildman–Crippen LogP) is 2.89. The first-order chi connectivity index (χ1) is 8.92. The molecule has 0 aromatic rings. The highest BCUT2D eigenvalue weighted by molar-refractivity contribution is 4.82. The molecule has 2 nitrogen and oxygen atoms in total. The van der Waals surface area contributed by atoms with Crippen molar-refractivity contribution >= 4 is 0 Å². The monoisotopic (exact) mass is 250 g/mol. The second kappa shape index (κ2) is 6.38. The average Bonchev–Trinajstić information content (AvgIpc) is 2.95.